The number of ether oxygens (including phenoxy) is 2. The second-order valence-corrected chi connectivity index (χ2v) is 5.79. The van der Waals surface area contributed by atoms with Gasteiger partial charge in [-0.3, -0.25) is 9.59 Å². The van der Waals surface area contributed by atoms with Gasteiger partial charge in [0.15, 0.2) is 6.61 Å². The van der Waals surface area contributed by atoms with Crippen molar-refractivity contribution < 1.29 is 23.9 Å². The largest absolute Gasteiger partial charge is 0.452 e. The standard InChI is InChI=1S/C20H22N2O5/c1-14-6-5-7-15(12-14)19(24)22-17-9-4-3-8-16(17)20(25)27-13-18(23)21-10-11-26-2/h3-9,12H,10-11,13H2,1-2H3,(H,21,23)(H,22,24). The summed E-state index contributed by atoms with van der Waals surface area (Å²) in [5.74, 6) is -1.46. The van der Waals surface area contributed by atoms with Crippen molar-refractivity contribution in [1.82, 2.24) is 5.32 Å². The molecule has 2 rings (SSSR count). The Labute approximate surface area is 157 Å². The van der Waals surface area contributed by atoms with Gasteiger partial charge < -0.3 is 20.1 Å². The number of anilines is 1. The van der Waals surface area contributed by atoms with E-state index >= 15 is 0 Å². The van der Waals surface area contributed by atoms with E-state index in [1.165, 1.54) is 13.2 Å². The first kappa shape index (κ1) is 20.1. The fraction of sp³-hybridized carbons (Fsp3) is 0.250. The van der Waals surface area contributed by atoms with Crippen LogP contribution in [0.4, 0.5) is 5.69 Å². The lowest BCUT2D eigenvalue weighted by molar-refractivity contribution is -0.124. The van der Waals surface area contributed by atoms with Crippen LogP contribution in [0.5, 0.6) is 0 Å². The first-order valence-corrected chi connectivity index (χ1v) is 8.41. The number of hydrogen-bond donors (Lipinski definition) is 2. The highest BCUT2D eigenvalue weighted by Crippen LogP contribution is 2.17. The monoisotopic (exact) mass is 370 g/mol. The molecule has 0 bridgehead atoms. The van der Waals surface area contributed by atoms with E-state index in [0.717, 1.165) is 5.56 Å². The molecule has 0 saturated heterocycles. The second-order valence-electron chi connectivity index (χ2n) is 5.79. The number of amides is 2. The highest BCUT2D eigenvalue weighted by Gasteiger charge is 2.16. The van der Waals surface area contributed by atoms with Gasteiger partial charge >= 0.3 is 5.97 Å². The molecule has 27 heavy (non-hydrogen) atoms. The van der Waals surface area contributed by atoms with Gasteiger partial charge in [-0.25, -0.2) is 4.79 Å². The van der Waals surface area contributed by atoms with Crippen molar-refractivity contribution >= 4 is 23.5 Å². The normalized spacial score (nSPS) is 10.1. The molecule has 2 amide bonds. The third-order valence-electron chi connectivity index (χ3n) is 3.64. The number of aryl methyl sites for hydroxylation is 1. The van der Waals surface area contributed by atoms with Crippen molar-refractivity contribution in [2.24, 2.45) is 0 Å². The van der Waals surface area contributed by atoms with E-state index in [-0.39, 0.29) is 11.5 Å². The second kappa shape index (κ2) is 10.1. The summed E-state index contributed by atoms with van der Waals surface area (Å²) in [6, 6.07) is 13.6. The van der Waals surface area contributed by atoms with E-state index < -0.39 is 18.5 Å². The molecule has 0 heterocycles. The summed E-state index contributed by atoms with van der Waals surface area (Å²) >= 11 is 0. The highest BCUT2D eigenvalue weighted by molar-refractivity contribution is 6.08. The Morgan fingerprint density at radius 1 is 1.04 bits per heavy atom. The van der Waals surface area contributed by atoms with Gasteiger partial charge in [0.25, 0.3) is 11.8 Å². The number of esters is 1. The lowest BCUT2D eigenvalue weighted by Crippen LogP contribution is -2.31. The molecule has 0 radical (unpaired) electrons. The zero-order valence-electron chi connectivity index (χ0n) is 15.3. The molecule has 0 saturated carbocycles. The van der Waals surface area contributed by atoms with Crippen molar-refractivity contribution in [3.63, 3.8) is 0 Å². The summed E-state index contributed by atoms with van der Waals surface area (Å²) in [6.07, 6.45) is 0. The minimum Gasteiger partial charge on any atom is -0.452 e. The average Bonchev–Trinajstić information content (AvgIpc) is 2.66. The number of methoxy groups -OCH3 is 1. The van der Waals surface area contributed by atoms with Gasteiger partial charge in [0, 0.05) is 19.2 Å². The van der Waals surface area contributed by atoms with Crippen LogP contribution in [0.15, 0.2) is 48.5 Å². The summed E-state index contributed by atoms with van der Waals surface area (Å²) < 4.78 is 9.85. The first-order valence-electron chi connectivity index (χ1n) is 8.41. The highest BCUT2D eigenvalue weighted by atomic mass is 16.5. The van der Waals surface area contributed by atoms with Crippen LogP contribution in [0.3, 0.4) is 0 Å². The Kier molecular flexibility index (Phi) is 7.51. The Hall–Kier alpha value is -3.19. The summed E-state index contributed by atoms with van der Waals surface area (Å²) in [4.78, 5) is 36.3. The molecule has 2 N–H and O–H groups in total. The number of benzene rings is 2. The zero-order valence-corrected chi connectivity index (χ0v) is 15.3. The predicted octanol–water partition coefficient (Wildman–Crippen LogP) is 2.17. The number of rotatable bonds is 8. The molecule has 7 heteroatoms. The molecule has 0 aliphatic rings. The van der Waals surface area contributed by atoms with E-state index in [9.17, 15) is 14.4 Å². The van der Waals surface area contributed by atoms with Gasteiger partial charge in [0.1, 0.15) is 0 Å². The summed E-state index contributed by atoms with van der Waals surface area (Å²) in [5, 5.41) is 5.26. The van der Waals surface area contributed by atoms with Crippen LogP contribution in [0.1, 0.15) is 26.3 Å². The molecular weight excluding hydrogens is 348 g/mol. The summed E-state index contributed by atoms with van der Waals surface area (Å²) in [6.45, 7) is 2.17. The van der Waals surface area contributed by atoms with Crippen LogP contribution in [0, 0.1) is 6.92 Å². The molecule has 0 fully saturated rings. The Balaban J connectivity index is 2.01. The van der Waals surface area contributed by atoms with Crippen molar-refractivity contribution in [1.29, 1.82) is 0 Å². The van der Waals surface area contributed by atoms with Crippen LogP contribution in [-0.2, 0) is 14.3 Å². The molecule has 0 atom stereocenters. The zero-order chi connectivity index (χ0) is 19.6. The minimum atomic E-state index is -0.697. The maximum Gasteiger partial charge on any atom is 0.340 e. The van der Waals surface area contributed by atoms with Crippen molar-refractivity contribution in [3.05, 3.63) is 65.2 Å². The lowest BCUT2D eigenvalue weighted by atomic mass is 10.1. The average molecular weight is 370 g/mol. The summed E-state index contributed by atoms with van der Waals surface area (Å²) in [7, 11) is 1.52. The van der Waals surface area contributed by atoms with Crippen LogP contribution in [-0.4, -0.2) is 44.7 Å². The van der Waals surface area contributed by atoms with E-state index in [1.54, 1.807) is 36.4 Å². The third-order valence-corrected chi connectivity index (χ3v) is 3.64. The van der Waals surface area contributed by atoms with Gasteiger partial charge in [0.2, 0.25) is 0 Å². The van der Waals surface area contributed by atoms with Crippen LogP contribution >= 0.6 is 0 Å². The number of carbonyl (C=O) groups excluding carboxylic acids is 3. The van der Waals surface area contributed by atoms with Crippen molar-refractivity contribution in [2.45, 2.75) is 6.92 Å². The predicted molar refractivity (Wildman–Crippen MR) is 101 cm³/mol. The Morgan fingerprint density at radius 3 is 2.56 bits per heavy atom. The smallest absolute Gasteiger partial charge is 0.340 e. The third kappa shape index (κ3) is 6.23. The molecule has 0 unspecified atom stereocenters. The van der Waals surface area contributed by atoms with Crippen molar-refractivity contribution in [2.75, 3.05) is 32.2 Å². The van der Waals surface area contributed by atoms with E-state index in [4.69, 9.17) is 9.47 Å². The van der Waals surface area contributed by atoms with Gasteiger partial charge in [0.05, 0.1) is 17.9 Å². The van der Waals surface area contributed by atoms with Gasteiger partial charge in [-0.2, -0.15) is 0 Å². The minimum absolute atomic E-state index is 0.170. The fourth-order valence-corrected chi connectivity index (χ4v) is 2.30. The fourth-order valence-electron chi connectivity index (χ4n) is 2.30. The lowest BCUT2D eigenvalue weighted by Gasteiger charge is -2.11. The summed E-state index contributed by atoms with van der Waals surface area (Å²) in [5.41, 5.74) is 1.92. The maximum absolute atomic E-state index is 12.4. The maximum atomic E-state index is 12.4. The number of hydrogen-bond acceptors (Lipinski definition) is 5. The molecular formula is C20H22N2O5. The number of nitrogens with one attached hydrogen (secondary N) is 2. The Bertz CT molecular complexity index is 820. The van der Waals surface area contributed by atoms with Gasteiger partial charge in [-0.05, 0) is 31.2 Å². The van der Waals surface area contributed by atoms with Crippen LogP contribution < -0.4 is 10.6 Å². The molecule has 0 aliphatic heterocycles. The van der Waals surface area contributed by atoms with Crippen LogP contribution in [0.25, 0.3) is 0 Å². The Morgan fingerprint density at radius 2 is 1.81 bits per heavy atom. The quantitative estimate of drug-likeness (QED) is 0.549. The van der Waals surface area contributed by atoms with Gasteiger partial charge in [-0.15, -0.1) is 0 Å². The van der Waals surface area contributed by atoms with Crippen LogP contribution in [0.2, 0.25) is 0 Å². The van der Waals surface area contributed by atoms with Gasteiger partial charge in [-0.1, -0.05) is 29.8 Å². The van der Waals surface area contributed by atoms with Crippen molar-refractivity contribution in [3.8, 4) is 0 Å². The van der Waals surface area contributed by atoms with E-state index in [0.29, 0.717) is 24.4 Å². The topological polar surface area (TPSA) is 93.7 Å². The molecule has 2 aromatic carbocycles. The van der Waals surface area contributed by atoms with E-state index in [2.05, 4.69) is 10.6 Å². The van der Waals surface area contributed by atoms with E-state index in [1.807, 2.05) is 13.0 Å². The number of para-hydroxylation sites is 1. The SMILES string of the molecule is COCCNC(=O)COC(=O)c1ccccc1NC(=O)c1cccc(C)c1. The molecule has 0 spiro atoms. The molecule has 7 nitrogen and oxygen atoms in total. The molecule has 0 aromatic heterocycles. The molecule has 142 valence electrons. The number of carbonyl (C=O) groups is 3. The first-order chi connectivity index (χ1) is 13.0. The molecule has 0 aliphatic carbocycles. The molecule has 2 aromatic rings.